The highest BCUT2D eigenvalue weighted by Crippen LogP contribution is 1.98. The number of ether oxygens (including phenoxy) is 1. The smallest absolute Gasteiger partial charge is 0.409 e. The number of alkyl halides is 1. The maximum absolute atomic E-state index is 11.7. The standard InChI is InChI=1S/C3H4FNO2/c4-2-1-5-3(6)7-2/h2H,1H2,(H,5,6). The number of hydrogen-bond donors (Lipinski definition) is 1. The molecule has 0 bridgehead atoms. The Balaban J connectivity index is 2.40. The van der Waals surface area contributed by atoms with E-state index in [1.165, 1.54) is 0 Å². The molecule has 4 heteroatoms. The second-order valence-electron chi connectivity index (χ2n) is 1.20. The molecule has 40 valence electrons. The summed E-state index contributed by atoms with van der Waals surface area (Å²) in [6, 6.07) is 0. The highest BCUT2D eigenvalue weighted by Gasteiger charge is 2.20. The monoisotopic (exact) mass is 105 g/mol. The number of rotatable bonds is 0. The van der Waals surface area contributed by atoms with E-state index in [0.717, 1.165) is 0 Å². The second kappa shape index (κ2) is 1.36. The molecule has 1 aliphatic rings. The summed E-state index contributed by atoms with van der Waals surface area (Å²) in [4.78, 5) is 9.88. The summed E-state index contributed by atoms with van der Waals surface area (Å²) in [5.41, 5.74) is 0. The fourth-order valence-electron chi connectivity index (χ4n) is 0.363. The summed E-state index contributed by atoms with van der Waals surface area (Å²) in [7, 11) is 0. The van der Waals surface area contributed by atoms with Gasteiger partial charge in [-0.1, -0.05) is 0 Å². The van der Waals surface area contributed by atoms with E-state index < -0.39 is 12.5 Å². The van der Waals surface area contributed by atoms with E-state index in [-0.39, 0.29) is 6.54 Å². The number of alkyl carbamates (subject to hydrolysis) is 1. The van der Waals surface area contributed by atoms with Crippen molar-refractivity contribution in [3.8, 4) is 0 Å². The first-order chi connectivity index (χ1) is 3.29. The topological polar surface area (TPSA) is 38.3 Å². The Morgan fingerprint density at radius 2 is 2.71 bits per heavy atom. The van der Waals surface area contributed by atoms with Gasteiger partial charge < -0.3 is 10.1 Å². The number of cyclic esters (lactones) is 1. The molecule has 1 aliphatic heterocycles. The number of amides is 1. The highest BCUT2D eigenvalue weighted by atomic mass is 19.1. The van der Waals surface area contributed by atoms with Gasteiger partial charge in [0.25, 0.3) is 6.36 Å². The maximum atomic E-state index is 11.7. The quantitative estimate of drug-likeness (QED) is 0.471. The average Bonchev–Trinajstić information content (AvgIpc) is 1.87. The van der Waals surface area contributed by atoms with E-state index in [0.29, 0.717) is 0 Å². The molecule has 0 aromatic heterocycles. The van der Waals surface area contributed by atoms with E-state index in [9.17, 15) is 9.18 Å². The van der Waals surface area contributed by atoms with Gasteiger partial charge in [-0.25, -0.2) is 4.79 Å². The molecule has 0 spiro atoms. The third kappa shape index (κ3) is 0.792. The van der Waals surface area contributed by atoms with Gasteiger partial charge in [0, 0.05) is 0 Å². The lowest BCUT2D eigenvalue weighted by Gasteiger charge is -1.88. The first-order valence-electron chi connectivity index (χ1n) is 1.87. The molecule has 0 saturated carbocycles. The Morgan fingerprint density at radius 1 is 2.00 bits per heavy atom. The molecule has 0 aromatic carbocycles. The van der Waals surface area contributed by atoms with Crippen LogP contribution >= 0.6 is 0 Å². The number of nitrogens with one attached hydrogen (secondary N) is 1. The molecule has 1 saturated heterocycles. The Kier molecular flexibility index (Phi) is 0.850. The van der Waals surface area contributed by atoms with Crippen molar-refractivity contribution in [3.63, 3.8) is 0 Å². The molecule has 7 heavy (non-hydrogen) atoms. The fraction of sp³-hybridized carbons (Fsp3) is 0.667. The van der Waals surface area contributed by atoms with Crippen molar-refractivity contribution in [3.05, 3.63) is 0 Å². The minimum Gasteiger partial charge on any atom is -0.413 e. The molecule has 0 aromatic rings. The minimum absolute atomic E-state index is 0.0150. The van der Waals surface area contributed by atoms with Crippen LogP contribution in [0.15, 0.2) is 0 Å². The van der Waals surface area contributed by atoms with Gasteiger partial charge in [0.1, 0.15) is 0 Å². The van der Waals surface area contributed by atoms with Crippen LogP contribution in [0.2, 0.25) is 0 Å². The van der Waals surface area contributed by atoms with Crippen LogP contribution in [-0.2, 0) is 4.74 Å². The number of carbonyl (C=O) groups excluding carboxylic acids is 1. The third-order valence-corrected chi connectivity index (χ3v) is 0.642. The van der Waals surface area contributed by atoms with Crippen molar-refractivity contribution in [2.45, 2.75) is 6.36 Å². The van der Waals surface area contributed by atoms with Gasteiger partial charge in [0.05, 0.1) is 6.54 Å². The molecule has 3 nitrogen and oxygen atoms in total. The van der Waals surface area contributed by atoms with Gasteiger partial charge in [-0.3, -0.25) is 0 Å². The van der Waals surface area contributed by atoms with Gasteiger partial charge in [0.2, 0.25) is 0 Å². The average molecular weight is 105 g/mol. The zero-order valence-electron chi connectivity index (χ0n) is 3.48. The van der Waals surface area contributed by atoms with Crippen molar-refractivity contribution in [1.82, 2.24) is 5.32 Å². The lowest BCUT2D eigenvalue weighted by molar-refractivity contribution is 0.0575. The molecule has 1 heterocycles. The van der Waals surface area contributed by atoms with E-state index in [1.807, 2.05) is 0 Å². The Labute approximate surface area is 39.5 Å². The molecule has 1 rings (SSSR count). The van der Waals surface area contributed by atoms with Crippen LogP contribution in [-0.4, -0.2) is 19.0 Å². The zero-order valence-corrected chi connectivity index (χ0v) is 3.48. The molecule has 0 aliphatic carbocycles. The third-order valence-electron chi connectivity index (χ3n) is 0.642. The Bertz CT molecular complexity index is 94.9. The van der Waals surface area contributed by atoms with Crippen molar-refractivity contribution in [2.24, 2.45) is 0 Å². The van der Waals surface area contributed by atoms with Gasteiger partial charge in [-0.05, 0) is 0 Å². The van der Waals surface area contributed by atoms with Crippen LogP contribution in [0.3, 0.4) is 0 Å². The van der Waals surface area contributed by atoms with Crippen LogP contribution < -0.4 is 5.32 Å². The summed E-state index contributed by atoms with van der Waals surface area (Å²) >= 11 is 0. The zero-order chi connectivity index (χ0) is 5.28. The highest BCUT2D eigenvalue weighted by molar-refractivity contribution is 5.68. The van der Waals surface area contributed by atoms with Crippen molar-refractivity contribution < 1.29 is 13.9 Å². The normalized spacial score (nSPS) is 29.3. The minimum atomic E-state index is -1.44. The first-order valence-corrected chi connectivity index (χ1v) is 1.87. The summed E-state index contributed by atoms with van der Waals surface area (Å²) in [6.07, 6.45) is -2.11. The summed E-state index contributed by atoms with van der Waals surface area (Å²) < 4.78 is 15.6. The van der Waals surface area contributed by atoms with E-state index >= 15 is 0 Å². The SMILES string of the molecule is O=C1NCC(F)O1. The molecule has 1 N–H and O–H groups in total. The lowest BCUT2D eigenvalue weighted by atomic mass is 10.7. The van der Waals surface area contributed by atoms with Crippen LogP contribution in [0.25, 0.3) is 0 Å². The summed E-state index contributed by atoms with van der Waals surface area (Å²) in [5, 5.41) is 2.13. The number of carbonyl (C=O) groups is 1. The predicted octanol–water partition coefficient (Wildman–Crippen LogP) is 0.0218. The summed E-state index contributed by atoms with van der Waals surface area (Å²) in [6.45, 7) is -0.0150. The largest absolute Gasteiger partial charge is 0.413 e. The van der Waals surface area contributed by atoms with Crippen molar-refractivity contribution >= 4 is 6.09 Å². The fourth-order valence-corrected chi connectivity index (χ4v) is 0.363. The molecular weight excluding hydrogens is 101 g/mol. The van der Waals surface area contributed by atoms with Crippen LogP contribution in [0.4, 0.5) is 9.18 Å². The Hall–Kier alpha value is -0.800. The van der Waals surface area contributed by atoms with Gasteiger partial charge >= 0.3 is 6.09 Å². The predicted molar refractivity (Wildman–Crippen MR) is 19.4 cm³/mol. The van der Waals surface area contributed by atoms with Crippen LogP contribution in [0.1, 0.15) is 0 Å². The van der Waals surface area contributed by atoms with Gasteiger partial charge in [-0.2, -0.15) is 4.39 Å². The maximum Gasteiger partial charge on any atom is 0.409 e. The summed E-state index contributed by atoms with van der Waals surface area (Å²) in [5.74, 6) is 0. The molecular formula is C3H4FNO2. The lowest BCUT2D eigenvalue weighted by Crippen LogP contribution is -2.12. The molecule has 1 unspecified atom stereocenters. The van der Waals surface area contributed by atoms with E-state index in [2.05, 4.69) is 10.1 Å². The number of halogens is 1. The molecule has 1 fully saturated rings. The van der Waals surface area contributed by atoms with Gasteiger partial charge in [-0.15, -0.1) is 0 Å². The van der Waals surface area contributed by atoms with Crippen molar-refractivity contribution in [1.29, 1.82) is 0 Å². The van der Waals surface area contributed by atoms with Crippen molar-refractivity contribution in [2.75, 3.05) is 6.54 Å². The van der Waals surface area contributed by atoms with E-state index in [1.54, 1.807) is 0 Å². The van der Waals surface area contributed by atoms with Gasteiger partial charge in [0.15, 0.2) is 0 Å². The molecule has 1 amide bonds. The second-order valence-corrected chi connectivity index (χ2v) is 1.20. The van der Waals surface area contributed by atoms with Crippen LogP contribution in [0.5, 0.6) is 0 Å². The number of hydrogen-bond acceptors (Lipinski definition) is 2. The first kappa shape index (κ1) is 4.36. The van der Waals surface area contributed by atoms with E-state index in [4.69, 9.17) is 0 Å². The molecule has 1 atom stereocenters. The van der Waals surface area contributed by atoms with Crippen LogP contribution in [0, 0.1) is 0 Å². The Morgan fingerprint density at radius 3 is 2.86 bits per heavy atom. The molecule has 0 radical (unpaired) electrons.